The van der Waals surface area contributed by atoms with Crippen LogP contribution in [0.2, 0.25) is 0 Å². The first-order chi connectivity index (χ1) is 10.0. The Kier molecular flexibility index (Phi) is 3.21. The summed E-state index contributed by atoms with van der Waals surface area (Å²) >= 11 is 0. The number of amides is 1. The highest BCUT2D eigenvalue weighted by atomic mass is 19.1. The lowest BCUT2D eigenvalue weighted by Gasteiger charge is -2.20. The van der Waals surface area contributed by atoms with Gasteiger partial charge in [-0.15, -0.1) is 0 Å². The Morgan fingerprint density at radius 1 is 1.10 bits per heavy atom. The van der Waals surface area contributed by atoms with Gasteiger partial charge in [0.25, 0.3) is 0 Å². The highest BCUT2D eigenvalue weighted by molar-refractivity contribution is 5.96. The summed E-state index contributed by atoms with van der Waals surface area (Å²) in [6, 6.07) is 6.64. The van der Waals surface area contributed by atoms with Gasteiger partial charge in [0.1, 0.15) is 11.6 Å². The third-order valence-corrected chi connectivity index (χ3v) is 3.37. The lowest BCUT2D eigenvalue weighted by molar-refractivity contribution is -0.116. The van der Waals surface area contributed by atoms with E-state index in [1.165, 1.54) is 6.07 Å². The van der Waals surface area contributed by atoms with Gasteiger partial charge in [-0.3, -0.25) is 4.79 Å². The predicted octanol–water partition coefficient (Wildman–Crippen LogP) is 3.18. The van der Waals surface area contributed by atoms with Crippen molar-refractivity contribution in [1.29, 1.82) is 0 Å². The zero-order chi connectivity index (χ0) is 15.0. The van der Waals surface area contributed by atoms with Crippen molar-refractivity contribution in [2.24, 2.45) is 0 Å². The van der Waals surface area contributed by atoms with Crippen LogP contribution in [-0.2, 0) is 11.2 Å². The van der Waals surface area contributed by atoms with Crippen LogP contribution in [0.25, 0.3) is 0 Å². The standard InChI is InChI=1S/C15H13F2N3O/c16-9-2-3-12(10(17)6-9)19-14-7-13-8(5-11(14)18)1-4-15(21)20-13/h2-3,5-7,19H,1,4,18H2,(H,20,21). The summed E-state index contributed by atoms with van der Waals surface area (Å²) in [5.74, 6) is -1.42. The van der Waals surface area contributed by atoms with Gasteiger partial charge in [-0.1, -0.05) is 0 Å². The first kappa shape index (κ1) is 13.4. The molecule has 108 valence electrons. The molecule has 21 heavy (non-hydrogen) atoms. The molecule has 0 atom stereocenters. The summed E-state index contributed by atoms with van der Waals surface area (Å²) in [7, 11) is 0. The van der Waals surface area contributed by atoms with E-state index in [1.54, 1.807) is 12.1 Å². The number of fused-ring (bicyclic) bond motifs is 1. The monoisotopic (exact) mass is 289 g/mol. The van der Waals surface area contributed by atoms with E-state index in [0.717, 1.165) is 17.7 Å². The average Bonchev–Trinajstić information content (AvgIpc) is 2.43. The minimum absolute atomic E-state index is 0.0637. The third kappa shape index (κ3) is 2.65. The molecule has 1 heterocycles. The van der Waals surface area contributed by atoms with Crippen LogP contribution in [0.15, 0.2) is 30.3 Å². The van der Waals surface area contributed by atoms with Crippen molar-refractivity contribution in [3.63, 3.8) is 0 Å². The highest BCUT2D eigenvalue weighted by Gasteiger charge is 2.17. The summed E-state index contributed by atoms with van der Waals surface area (Å²) in [4.78, 5) is 11.4. The van der Waals surface area contributed by atoms with E-state index in [2.05, 4.69) is 10.6 Å². The summed E-state index contributed by atoms with van der Waals surface area (Å²) in [6.07, 6.45) is 1.04. The molecular formula is C15H13F2N3O. The van der Waals surface area contributed by atoms with Gasteiger partial charge in [-0.25, -0.2) is 8.78 Å². The van der Waals surface area contributed by atoms with E-state index in [1.807, 2.05) is 0 Å². The van der Waals surface area contributed by atoms with E-state index in [-0.39, 0.29) is 11.6 Å². The van der Waals surface area contributed by atoms with Crippen LogP contribution >= 0.6 is 0 Å². The highest BCUT2D eigenvalue weighted by Crippen LogP contribution is 2.33. The molecule has 1 amide bonds. The number of hydrogen-bond acceptors (Lipinski definition) is 3. The number of nitrogens with one attached hydrogen (secondary N) is 2. The van der Waals surface area contributed by atoms with Crippen molar-refractivity contribution in [1.82, 2.24) is 0 Å². The lowest BCUT2D eigenvalue weighted by Crippen LogP contribution is -2.19. The number of halogens is 2. The summed E-state index contributed by atoms with van der Waals surface area (Å²) < 4.78 is 26.5. The van der Waals surface area contributed by atoms with Crippen LogP contribution in [0.3, 0.4) is 0 Å². The second-order valence-corrected chi connectivity index (χ2v) is 4.89. The minimum atomic E-state index is -0.712. The normalized spacial score (nSPS) is 13.5. The van der Waals surface area contributed by atoms with Crippen molar-refractivity contribution < 1.29 is 13.6 Å². The van der Waals surface area contributed by atoms with Gasteiger partial charge in [0.2, 0.25) is 5.91 Å². The average molecular weight is 289 g/mol. The van der Waals surface area contributed by atoms with Gasteiger partial charge in [0.05, 0.1) is 17.1 Å². The molecule has 0 aliphatic carbocycles. The summed E-state index contributed by atoms with van der Waals surface area (Å²) in [5.41, 5.74) is 8.55. The molecule has 0 spiro atoms. The first-order valence-electron chi connectivity index (χ1n) is 6.47. The number of nitrogen functional groups attached to an aromatic ring is 1. The maximum Gasteiger partial charge on any atom is 0.224 e. The Morgan fingerprint density at radius 3 is 2.67 bits per heavy atom. The largest absolute Gasteiger partial charge is 0.397 e. The van der Waals surface area contributed by atoms with Crippen molar-refractivity contribution in [2.45, 2.75) is 12.8 Å². The SMILES string of the molecule is Nc1cc2c(cc1Nc1ccc(F)cc1F)NC(=O)CC2. The van der Waals surface area contributed by atoms with E-state index >= 15 is 0 Å². The Balaban J connectivity index is 1.95. The maximum atomic E-state index is 13.7. The first-order valence-corrected chi connectivity index (χ1v) is 6.47. The molecule has 1 aliphatic rings. The molecule has 0 fully saturated rings. The second kappa shape index (κ2) is 5.05. The second-order valence-electron chi connectivity index (χ2n) is 4.89. The molecule has 0 saturated heterocycles. The molecule has 0 unspecified atom stereocenters. The van der Waals surface area contributed by atoms with E-state index in [9.17, 15) is 13.6 Å². The van der Waals surface area contributed by atoms with E-state index in [0.29, 0.717) is 29.9 Å². The number of hydrogen-bond donors (Lipinski definition) is 3. The zero-order valence-electron chi connectivity index (χ0n) is 11.0. The van der Waals surface area contributed by atoms with Crippen LogP contribution < -0.4 is 16.4 Å². The fourth-order valence-corrected chi connectivity index (χ4v) is 2.29. The van der Waals surface area contributed by atoms with Gasteiger partial charge >= 0.3 is 0 Å². The molecule has 0 radical (unpaired) electrons. The maximum absolute atomic E-state index is 13.7. The molecule has 0 aromatic heterocycles. The molecule has 4 nitrogen and oxygen atoms in total. The van der Waals surface area contributed by atoms with Gasteiger partial charge in [-0.2, -0.15) is 0 Å². The molecule has 4 N–H and O–H groups in total. The molecule has 6 heteroatoms. The van der Waals surface area contributed by atoms with Gasteiger partial charge in [0, 0.05) is 18.2 Å². The van der Waals surface area contributed by atoms with E-state index in [4.69, 9.17) is 5.73 Å². The fourth-order valence-electron chi connectivity index (χ4n) is 2.29. The summed E-state index contributed by atoms with van der Waals surface area (Å²) in [5, 5.41) is 5.56. The number of anilines is 4. The molecular weight excluding hydrogens is 276 g/mol. The molecule has 3 rings (SSSR count). The van der Waals surface area contributed by atoms with Gasteiger partial charge in [0.15, 0.2) is 0 Å². The van der Waals surface area contributed by atoms with Crippen LogP contribution in [0.5, 0.6) is 0 Å². The van der Waals surface area contributed by atoms with Crippen LogP contribution in [0.4, 0.5) is 31.5 Å². The van der Waals surface area contributed by atoms with Crippen LogP contribution in [0, 0.1) is 11.6 Å². The van der Waals surface area contributed by atoms with Crippen molar-refractivity contribution >= 4 is 28.7 Å². The Labute approximate surface area is 120 Å². The zero-order valence-corrected chi connectivity index (χ0v) is 11.0. The third-order valence-electron chi connectivity index (χ3n) is 3.37. The van der Waals surface area contributed by atoms with Gasteiger partial charge in [-0.05, 0) is 36.2 Å². The van der Waals surface area contributed by atoms with Crippen molar-refractivity contribution in [3.05, 3.63) is 47.5 Å². The number of rotatable bonds is 2. The smallest absolute Gasteiger partial charge is 0.224 e. The predicted molar refractivity (Wildman–Crippen MR) is 77.4 cm³/mol. The molecule has 2 aromatic rings. The topological polar surface area (TPSA) is 67.2 Å². The Morgan fingerprint density at radius 2 is 1.90 bits per heavy atom. The summed E-state index contributed by atoms with van der Waals surface area (Å²) in [6.45, 7) is 0. The molecule has 2 aromatic carbocycles. The Bertz CT molecular complexity index is 731. The lowest BCUT2D eigenvalue weighted by atomic mass is 10.0. The number of benzene rings is 2. The van der Waals surface area contributed by atoms with Crippen molar-refractivity contribution in [3.8, 4) is 0 Å². The van der Waals surface area contributed by atoms with Gasteiger partial charge < -0.3 is 16.4 Å². The van der Waals surface area contributed by atoms with E-state index < -0.39 is 11.6 Å². The number of nitrogens with two attached hydrogens (primary N) is 1. The van der Waals surface area contributed by atoms with Crippen LogP contribution in [-0.4, -0.2) is 5.91 Å². The molecule has 0 bridgehead atoms. The Hall–Kier alpha value is -2.63. The quantitative estimate of drug-likeness (QED) is 0.744. The molecule has 1 aliphatic heterocycles. The molecule has 0 saturated carbocycles. The number of carbonyl (C=O) groups is 1. The number of carbonyl (C=O) groups excluding carboxylic acids is 1. The minimum Gasteiger partial charge on any atom is -0.397 e. The van der Waals surface area contributed by atoms with Crippen molar-refractivity contribution in [2.75, 3.05) is 16.4 Å². The fraction of sp³-hybridized carbons (Fsp3) is 0.133. The number of aryl methyl sites for hydroxylation is 1. The van der Waals surface area contributed by atoms with Crippen LogP contribution in [0.1, 0.15) is 12.0 Å².